The first-order valence-electron chi connectivity index (χ1n) is 9.14. The third-order valence-corrected chi connectivity index (χ3v) is 4.78. The van der Waals surface area contributed by atoms with Crippen LogP contribution in [0, 0.1) is 11.3 Å². The Morgan fingerprint density at radius 2 is 1.69 bits per heavy atom. The number of carbonyl (C=O) groups excluding carboxylic acids is 1. The number of amides is 1. The van der Waals surface area contributed by atoms with Gasteiger partial charge < -0.3 is 14.8 Å². The quantitative estimate of drug-likeness (QED) is 0.706. The van der Waals surface area contributed by atoms with Crippen LogP contribution in [0.1, 0.15) is 22.1 Å². The normalized spacial score (nSPS) is 15.1. The Morgan fingerprint density at radius 3 is 2.38 bits per heavy atom. The average Bonchev–Trinajstić information content (AvgIpc) is 2.78. The fourth-order valence-corrected chi connectivity index (χ4v) is 3.36. The van der Waals surface area contributed by atoms with Gasteiger partial charge >= 0.3 is 0 Å². The standard InChI is InChI=1S/C23H19N3O3/c1-28-18-12-8-17(9-13-18)26-22(16-6-10-19(11-7-16)29-15-14-24)25-21-5-3-2-4-20(21)23(26)27/h2-13,22,25H,15H2,1H3/t22-/m0/s1. The maximum Gasteiger partial charge on any atom is 0.262 e. The summed E-state index contributed by atoms with van der Waals surface area (Å²) in [6.07, 6.45) is -0.393. The van der Waals surface area contributed by atoms with E-state index in [9.17, 15) is 4.79 Å². The first-order chi connectivity index (χ1) is 14.2. The Hall–Kier alpha value is -3.98. The Balaban J connectivity index is 1.74. The molecule has 3 aromatic carbocycles. The molecule has 1 amide bonds. The van der Waals surface area contributed by atoms with Gasteiger partial charge in [-0.25, -0.2) is 0 Å². The molecule has 1 atom stereocenters. The SMILES string of the molecule is COc1ccc(N2C(=O)c3ccccc3N[C@@H]2c2ccc(OCC#N)cc2)cc1. The summed E-state index contributed by atoms with van der Waals surface area (Å²) < 4.78 is 10.6. The molecule has 6 heteroatoms. The van der Waals surface area contributed by atoms with E-state index in [1.54, 1.807) is 24.1 Å². The summed E-state index contributed by atoms with van der Waals surface area (Å²) in [5, 5.41) is 12.1. The van der Waals surface area contributed by atoms with Crippen LogP contribution in [0.5, 0.6) is 11.5 Å². The van der Waals surface area contributed by atoms with E-state index in [-0.39, 0.29) is 12.5 Å². The summed E-state index contributed by atoms with van der Waals surface area (Å²) in [7, 11) is 1.61. The Morgan fingerprint density at radius 1 is 1.00 bits per heavy atom. The lowest BCUT2D eigenvalue weighted by Crippen LogP contribution is -2.43. The number of hydrogen-bond acceptors (Lipinski definition) is 5. The monoisotopic (exact) mass is 385 g/mol. The van der Waals surface area contributed by atoms with Gasteiger partial charge in [0.1, 0.15) is 23.7 Å². The molecule has 1 N–H and O–H groups in total. The van der Waals surface area contributed by atoms with Gasteiger partial charge in [0.05, 0.1) is 12.7 Å². The van der Waals surface area contributed by atoms with Crippen molar-refractivity contribution in [3.63, 3.8) is 0 Å². The Labute approximate surface area is 168 Å². The molecule has 6 nitrogen and oxygen atoms in total. The zero-order chi connectivity index (χ0) is 20.2. The van der Waals surface area contributed by atoms with Gasteiger partial charge in [0, 0.05) is 11.4 Å². The second kappa shape index (κ2) is 7.95. The van der Waals surface area contributed by atoms with E-state index < -0.39 is 6.17 Å². The van der Waals surface area contributed by atoms with E-state index in [2.05, 4.69) is 5.32 Å². The predicted octanol–water partition coefficient (Wildman–Crippen LogP) is 4.37. The van der Waals surface area contributed by atoms with E-state index in [0.29, 0.717) is 11.3 Å². The van der Waals surface area contributed by atoms with Gasteiger partial charge in [-0.1, -0.05) is 24.3 Å². The third-order valence-electron chi connectivity index (χ3n) is 4.78. The number of carbonyl (C=O) groups is 1. The van der Waals surface area contributed by atoms with E-state index in [4.69, 9.17) is 14.7 Å². The maximum atomic E-state index is 13.4. The predicted molar refractivity (Wildman–Crippen MR) is 110 cm³/mol. The Kier molecular flexibility index (Phi) is 5.04. The summed E-state index contributed by atoms with van der Waals surface area (Å²) in [5.74, 6) is 1.25. The number of hydrogen-bond donors (Lipinski definition) is 1. The summed E-state index contributed by atoms with van der Waals surface area (Å²) in [5.41, 5.74) is 3.06. The van der Waals surface area contributed by atoms with Crippen LogP contribution in [0.2, 0.25) is 0 Å². The number of rotatable bonds is 5. The van der Waals surface area contributed by atoms with Gasteiger partial charge in [-0.15, -0.1) is 0 Å². The van der Waals surface area contributed by atoms with Crippen LogP contribution in [0.25, 0.3) is 0 Å². The van der Waals surface area contributed by atoms with Gasteiger partial charge in [-0.2, -0.15) is 5.26 Å². The van der Waals surface area contributed by atoms with Crippen molar-refractivity contribution in [2.24, 2.45) is 0 Å². The zero-order valence-corrected chi connectivity index (χ0v) is 15.8. The second-order valence-corrected chi connectivity index (χ2v) is 6.48. The number of para-hydroxylation sites is 1. The number of nitrogens with zero attached hydrogens (tertiary/aromatic N) is 2. The van der Waals surface area contributed by atoms with Crippen LogP contribution >= 0.6 is 0 Å². The van der Waals surface area contributed by atoms with Crippen LogP contribution in [-0.4, -0.2) is 19.6 Å². The number of ether oxygens (including phenoxy) is 2. The molecule has 0 aliphatic carbocycles. The Bertz CT molecular complexity index is 1060. The van der Waals surface area contributed by atoms with Gasteiger partial charge in [-0.3, -0.25) is 9.69 Å². The largest absolute Gasteiger partial charge is 0.497 e. The lowest BCUT2D eigenvalue weighted by Gasteiger charge is -2.38. The van der Waals surface area contributed by atoms with Crippen molar-refractivity contribution < 1.29 is 14.3 Å². The van der Waals surface area contributed by atoms with Crippen molar-refractivity contribution in [2.75, 3.05) is 23.9 Å². The number of benzene rings is 3. The van der Waals surface area contributed by atoms with Gasteiger partial charge in [0.15, 0.2) is 6.61 Å². The van der Waals surface area contributed by atoms with E-state index in [0.717, 1.165) is 22.7 Å². The average molecular weight is 385 g/mol. The van der Waals surface area contributed by atoms with E-state index in [1.807, 2.05) is 66.7 Å². The molecule has 144 valence electrons. The zero-order valence-electron chi connectivity index (χ0n) is 15.8. The lowest BCUT2D eigenvalue weighted by molar-refractivity contribution is 0.0975. The second-order valence-electron chi connectivity index (χ2n) is 6.48. The molecule has 0 unspecified atom stereocenters. The van der Waals surface area contributed by atoms with Crippen molar-refractivity contribution in [1.82, 2.24) is 0 Å². The van der Waals surface area contributed by atoms with E-state index >= 15 is 0 Å². The summed E-state index contributed by atoms with van der Waals surface area (Å²) in [6, 6.07) is 24.2. The molecule has 0 fully saturated rings. The highest BCUT2D eigenvalue weighted by Crippen LogP contribution is 2.37. The van der Waals surface area contributed by atoms with Gasteiger partial charge in [0.25, 0.3) is 5.91 Å². The number of methoxy groups -OCH3 is 1. The molecular weight excluding hydrogens is 366 g/mol. The molecule has 0 saturated heterocycles. The van der Waals surface area contributed by atoms with Crippen LogP contribution in [0.4, 0.5) is 11.4 Å². The lowest BCUT2D eigenvalue weighted by atomic mass is 10.0. The molecule has 1 heterocycles. The van der Waals surface area contributed by atoms with E-state index in [1.165, 1.54) is 0 Å². The van der Waals surface area contributed by atoms with Crippen LogP contribution < -0.4 is 19.7 Å². The van der Waals surface area contributed by atoms with Crippen LogP contribution in [-0.2, 0) is 0 Å². The summed E-state index contributed by atoms with van der Waals surface area (Å²) >= 11 is 0. The molecule has 0 radical (unpaired) electrons. The third kappa shape index (κ3) is 3.58. The smallest absolute Gasteiger partial charge is 0.262 e. The number of nitriles is 1. The minimum Gasteiger partial charge on any atom is -0.497 e. The first-order valence-corrected chi connectivity index (χ1v) is 9.14. The van der Waals surface area contributed by atoms with Gasteiger partial charge in [-0.05, 0) is 54.1 Å². The maximum absolute atomic E-state index is 13.4. The highest BCUT2D eigenvalue weighted by Gasteiger charge is 2.34. The molecule has 29 heavy (non-hydrogen) atoms. The molecule has 0 bridgehead atoms. The minimum absolute atomic E-state index is 0.00907. The minimum atomic E-state index is -0.393. The molecule has 4 rings (SSSR count). The van der Waals surface area contributed by atoms with Crippen molar-refractivity contribution >= 4 is 17.3 Å². The van der Waals surface area contributed by atoms with Crippen LogP contribution in [0.15, 0.2) is 72.8 Å². The highest BCUT2D eigenvalue weighted by molar-refractivity contribution is 6.12. The molecule has 0 spiro atoms. The molecular formula is C23H19N3O3. The summed E-state index contributed by atoms with van der Waals surface area (Å²) in [4.78, 5) is 15.1. The summed E-state index contributed by atoms with van der Waals surface area (Å²) in [6.45, 7) is -0.00907. The van der Waals surface area contributed by atoms with Crippen molar-refractivity contribution in [3.05, 3.63) is 83.9 Å². The van der Waals surface area contributed by atoms with Gasteiger partial charge in [0.2, 0.25) is 0 Å². The molecule has 3 aromatic rings. The molecule has 1 aliphatic heterocycles. The van der Waals surface area contributed by atoms with Crippen LogP contribution in [0.3, 0.4) is 0 Å². The first kappa shape index (κ1) is 18.4. The topological polar surface area (TPSA) is 74.6 Å². The van der Waals surface area contributed by atoms with Crippen molar-refractivity contribution in [2.45, 2.75) is 6.17 Å². The fraction of sp³-hybridized carbons (Fsp3) is 0.130. The molecule has 0 saturated carbocycles. The van der Waals surface area contributed by atoms with Crippen molar-refractivity contribution in [3.8, 4) is 17.6 Å². The number of nitrogens with one attached hydrogen (secondary N) is 1. The van der Waals surface area contributed by atoms with Crippen molar-refractivity contribution in [1.29, 1.82) is 5.26 Å². The number of anilines is 2. The molecule has 0 aromatic heterocycles. The number of fused-ring (bicyclic) bond motifs is 1. The molecule has 1 aliphatic rings. The highest BCUT2D eigenvalue weighted by atomic mass is 16.5. The fourth-order valence-electron chi connectivity index (χ4n) is 3.36.